The highest BCUT2D eigenvalue weighted by molar-refractivity contribution is 5.59. The normalized spacial score (nSPS) is 26.5. The number of para-hydroxylation sites is 2. The van der Waals surface area contributed by atoms with E-state index in [0.29, 0.717) is 0 Å². The lowest BCUT2D eigenvalue weighted by molar-refractivity contribution is 0.0369. The standard InChI is InChI=1S/C15H20N2O2/c1-18-13-8-4-3-7-12(13)17-15(11-16)10-6-5-9-14(15)19-2/h3-4,7-8,14,17H,5-6,9-10H2,1-2H3. The molecule has 2 rings (SSSR count). The Morgan fingerprint density at radius 3 is 2.79 bits per heavy atom. The molecule has 1 N–H and O–H groups in total. The highest BCUT2D eigenvalue weighted by Gasteiger charge is 2.42. The van der Waals surface area contributed by atoms with Gasteiger partial charge in [-0.05, 0) is 31.4 Å². The molecule has 102 valence electrons. The number of hydrogen-bond acceptors (Lipinski definition) is 4. The number of rotatable bonds is 4. The summed E-state index contributed by atoms with van der Waals surface area (Å²) in [6, 6.07) is 10.1. The molecule has 0 amide bonds. The number of nitrogens with zero attached hydrogens (tertiary/aromatic N) is 1. The summed E-state index contributed by atoms with van der Waals surface area (Å²) in [6.07, 6.45) is 3.76. The van der Waals surface area contributed by atoms with Crippen LogP contribution in [0.2, 0.25) is 0 Å². The molecule has 1 fully saturated rings. The Balaban J connectivity index is 2.29. The smallest absolute Gasteiger partial charge is 0.151 e. The number of benzene rings is 1. The van der Waals surface area contributed by atoms with Crippen LogP contribution in [0.3, 0.4) is 0 Å². The molecule has 0 spiro atoms. The van der Waals surface area contributed by atoms with E-state index in [4.69, 9.17) is 9.47 Å². The minimum Gasteiger partial charge on any atom is -0.495 e. The van der Waals surface area contributed by atoms with Crippen LogP contribution in [0, 0.1) is 11.3 Å². The van der Waals surface area contributed by atoms with Gasteiger partial charge in [-0.3, -0.25) is 0 Å². The van der Waals surface area contributed by atoms with Crippen molar-refractivity contribution in [2.24, 2.45) is 0 Å². The van der Waals surface area contributed by atoms with Crippen LogP contribution in [0.4, 0.5) is 5.69 Å². The lowest BCUT2D eigenvalue weighted by Crippen LogP contribution is -2.51. The number of hydrogen-bond donors (Lipinski definition) is 1. The molecule has 1 aromatic carbocycles. The zero-order valence-corrected chi connectivity index (χ0v) is 11.5. The zero-order valence-electron chi connectivity index (χ0n) is 11.5. The minimum atomic E-state index is -0.665. The van der Waals surface area contributed by atoms with Crippen LogP contribution in [-0.2, 0) is 4.74 Å². The number of nitrogens with one attached hydrogen (secondary N) is 1. The van der Waals surface area contributed by atoms with Crippen molar-refractivity contribution in [3.8, 4) is 11.8 Å². The maximum atomic E-state index is 9.63. The van der Waals surface area contributed by atoms with Crippen molar-refractivity contribution in [2.45, 2.75) is 37.3 Å². The summed E-state index contributed by atoms with van der Waals surface area (Å²) in [5, 5.41) is 13.0. The number of methoxy groups -OCH3 is 2. The molecule has 0 aliphatic heterocycles. The fraction of sp³-hybridized carbons (Fsp3) is 0.533. The van der Waals surface area contributed by atoms with E-state index in [0.717, 1.165) is 37.1 Å². The molecule has 19 heavy (non-hydrogen) atoms. The number of anilines is 1. The van der Waals surface area contributed by atoms with Crippen LogP contribution in [0.15, 0.2) is 24.3 Å². The van der Waals surface area contributed by atoms with Crippen LogP contribution < -0.4 is 10.1 Å². The Morgan fingerprint density at radius 1 is 1.32 bits per heavy atom. The third-order valence-corrected chi connectivity index (χ3v) is 3.79. The Hall–Kier alpha value is -1.73. The van der Waals surface area contributed by atoms with Gasteiger partial charge in [0.1, 0.15) is 5.75 Å². The Morgan fingerprint density at radius 2 is 2.11 bits per heavy atom. The van der Waals surface area contributed by atoms with Crippen molar-refractivity contribution in [1.82, 2.24) is 0 Å². The predicted molar refractivity (Wildman–Crippen MR) is 74.2 cm³/mol. The molecule has 0 saturated heterocycles. The maximum absolute atomic E-state index is 9.63. The second kappa shape index (κ2) is 5.94. The fourth-order valence-corrected chi connectivity index (χ4v) is 2.75. The highest BCUT2D eigenvalue weighted by Crippen LogP contribution is 2.36. The summed E-state index contributed by atoms with van der Waals surface area (Å²) < 4.78 is 10.9. The molecule has 0 bridgehead atoms. The summed E-state index contributed by atoms with van der Waals surface area (Å²) in [6.45, 7) is 0. The first-order valence-corrected chi connectivity index (χ1v) is 6.61. The van der Waals surface area contributed by atoms with E-state index in [2.05, 4.69) is 11.4 Å². The first-order chi connectivity index (χ1) is 9.25. The fourth-order valence-electron chi connectivity index (χ4n) is 2.75. The quantitative estimate of drug-likeness (QED) is 0.904. The van der Waals surface area contributed by atoms with E-state index in [1.165, 1.54) is 0 Å². The molecule has 1 aromatic rings. The van der Waals surface area contributed by atoms with E-state index in [-0.39, 0.29) is 6.10 Å². The summed E-state index contributed by atoms with van der Waals surface area (Å²) in [7, 11) is 3.31. The van der Waals surface area contributed by atoms with Crippen LogP contribution in [-0.4, -0.2) is 25.9 Å². The van der Waals surface area contributed by atoms with Gasteiger partial charge in [0.15, 0.2) is 5.54 Å². The van der Waals surface area contributed by atoms with Gasteiger partial charge in [-0.25, -0.2) is 0 Å². The molecule has 1 aliphatic carbocycles. The van der Waals surface area contributed by atoms with Gasteiger partial charge in [-0.15, -0.1) is 0 Å². The molecule has 4 heteroatoms. The van der Waals surface area contributed by atoms with E-state index < -0.39 is 5.54 Å². The second-order valence-electron chi connectivity index (χ2n) is 4.88. The minimum absolute atomic E-state index is 0.0869. The van der Waals surface area contributed by atoms with Gasteiger partial charge in [0, 0.05) is 7.11 Å². The average Bonchev–Trinajstić information content (AvgIpc) is 2.48. The van der Waals surface area contributed by atoms with E-state index >= 15 is 0 Å². The molecular formula is C15H20N2O2. The van der Waals surface area contributed by atoms with Gasteiger partial charge in [0.2, 0.25) is 0 Å². The monoisotopic (exact) mass is 260 g/mol. The topological polar surface area (TPSA) is 54.3 Å². The van der Waals surface area contributed by atoms with Crippen molar-refractivity contribution in [2.75, 3.05) is 19.5 Å². The second-order valence-corrected chi connectivity index (χ2v) is 4.88. The van der Waals surface area contributed by atoms with Crippen LogP contribution in [0.5, 0.6) is 5.75 Å². The lowest BCUT2D eigenvalue weighted by atomic mass is 9.80. The van der Waals surface area contributed by atoms with E-state index in [1.54, 1.807) is 14.2 Å². The first-order valence-electron chi connectivity index (χ1n) is 6.61. The third-order valence-electron chi connectivity index (χ3n) is 3.79. The van der Waals surface area contributed by atoms with Gasteiger partial charge >= 0.3 is 0 Å². The summed E-state index contributed by atoms with van der Waals surface area (Å²) >= 11 is 0. The summed E-state index contributed by atoms with van der Waals surface area (Å²) in [5.41, 5.74) is 0.178. The molecule has 1 saturated carbocycles. The molecular weight excluding hydrogens is 240 g/mol. The third kappa shape index (κ3) is 2.66. The molecule has 0 aromatic heterocycles. The molecule has 4 nitrogen and oxygen atoms in total. The summed E-state index contributed by atoms with van der Waals surface area (Å²) in [5.74, 6) is 0.748. The van der Waals surface area contributed by atoms with Crippen LogP contribution in [0.1, 0.15) is 25.7 Å². The van der Waals surface area contributed by atoms with Gasteiger partial charge in [-0.2, -0.15) is 5.26 Å². The van der Waals surface area contributed by atoms with Gasteiger partial charge < -0.3 is 14.8 Å². The van der Waals surface area contributed by atoms with Crippen molar-refractivity contribution in [3.63, 3.8) is 0 Å². The van der Waals surface area contributed by atoms with E-state index in [9.17, 15) is 5.26 Å². The Bertz CT molecular complexity index is 469. The van der Waals surface area contributed by atoms with Crippen LogP contribution >= 0.6 is 0 Å². The summed E-state index contributed by atoms with van der Waals surface area (Å²) in [4.78, 5) is 0. The van der Waals surface area contributed by atoms with Gasteiger partial charge in [0.05, 0.1) is 25.0 Å². The Labute approximate surface area is 114 Å². The molecule has 2 atom stereocenters. The predicted octanol–water partition coefficient (Wildman–Crippen LogP) is 2.96. The van der Waals surface area contributed by atoms with E-state index in [1.807, 2.05) is 24.3 Å². The Kier molecular flexibility index (Phi) is 4.28. The average molecular weight is 260 g/mol. The molecule has 2 unspecified atom stereocenters. The van der Waals surface area contributed by atoms with Crippen molar-refractivity contribution < 1.29 is 9.47 Å². The number of nitriles is 1. The zero-order chi connectivity index (χ0) is 13.7. The van der Waals surface area contributed by atoms with Gasteiger partial charge in [-0.1, -0.05) is 18.6 Å². The largest absolute Gasteiger partial charge is 0.495 e. The molecule has 0 heterocycles. The molecule has 0 radical (unpaired) electrons. The van der Waals surface area contributed by atoms with Crippen LogP contribution in [0.25, 0.3) is 0 Å². The highest BCUT2D eigenvalue weighted by atomic mass is 16.5. The lowest BCUT2D eigenvalue weighted by Gasteiger charge is -2.39. The maximum Gasteiger partial charge on any atom is 0.151 e. The van der Waals surface area contributed by atoms with Gasteiger partial charge in [0.25, 0.3) is 0 Å². The van der Waals surface area contributed by atoms with Crippen molar-refractivity contribution in [1.29, 1.82) is 5.26 Å². The van der Waals surface area contributed by atoms with Crippen molar-refractivity contribution >= 4 is 5.69 Å². The SMILES string of the molecule is COc1ccccc1NC1(C#N)CCCCC1OC. The molecule has 1 aliphatic rings. The number of ether oxygens (including phenoxy) is 2. The van der Waals surface area contributed by atoms with Crippen molar-refractivity contribution in [3.05, 3.63) is 24.3 Å². The first kappa shape index (κ1) is 13.7.